The summed E-state index contributed by atoms with van der Waals surface area (Å²) >= 11 is 7.75. The van der Waals surface area contributed by atoms with E-state index in [1.54, 1.807) is 11.3 Å². The molecule has 94 valence electrons. The number of nitrogens with zero attached hydrogens (tertiary/aromatic N) is 1. The zero-order chi connectivity index (χ0) is 13.4. The van der Waals surface area contributed by atoms with Gasteiger partial charge >= 0.3 is 0 Å². The second-order valence-corrected chi connectivity index (χ2v) is 5.79. The normalized spacial score (nSPS) is 10.8. The highest BCUT2D eigenvalue weighted by Gasteiger charge is 2.18. The first-order chi connectivity index (χ1) is 9.19. The molecule has 4 heteroatoms. The number of carbonyl (C=O) groups excluding carboxylic acids is 1. The predicted octanol–water partition coefficient (Wildman–Crippen LogP) is 3.86. The first kappa shape index (κ1) is 12.3. The maximum Gasteiger partial charge on any atom is 0.269 e. The molecule has 1 aromatic heterocycles. The number of thiazole rings is 1. The molecule has 19 heavy (non-hydrogen) atoms. The Morgan fingerprint density at radius 1 is 1.16 bits per heavy atom. The summed E-state index contributed by atoms with van der Waals surface area (Å²) in [6.07, 6.45) is 0.856. The molecule has 0 aliphatic heterocycles. The van der Waals surface area contributed by atoms with E-state index in [0.717, 1.165) is 27.4 Å². The zero-order valence-electron chi connectivity index (χ0n) is 10.3. The first-order valence-corrected chi connectivity index (χ1v) is 7.02. The van der Waals surface area contributed by atoms with Gasteiger partial charge in [-0.25, -0.2) is 0 Å². The molecule has 2 nitrogen and oxygen atoms in total. The summed E-state index contributed by atoms with van der Waals surface area (Å²) in [5.41, 5.74) is 2.91. The molecular weight excluding hydrogens is 278 g/mol. The Morgan fingerprint density at radius 2 is 1.89 bits per heavy atom. The highest BCUT2D eigenvalue weighted by molar-refractivity contribution is 7.21. The van der Waals surface area contributed by atoms with Crippen molar-refractivity contribution in [2.45, 2.75) is 0 Å². The number of benzene rings is 2. The van der Waals surface area contributed by atoms with Crippen LogP contribution in [0, 0.1) is 0 Å². The number of fused-ring (bicyclic) bond motifs is 1. The highest BCUT2D eigenvalue weighted by atomic mass is 35.5. The average molecular weight is 289 g/mol. The van der Waals surface area contributed by atoms with Crippen LogP contribution in [0.15, 0.2) is 42.5 Å². The Bertz CT molecular complexity index is 762. The van der Waals surface area contributed by atoms with Gasteiger partial charge in [0.25, 0.3) is 5.01 Å². The molecule has 0 saturated heterocycles. The second-order valence-electron chi connectivity index (χ2n) is 4.32. The van der Waals surface area contributed by atoms with Gasteiger partial charge in [-0.1, -0.05) is 35.1 Å². The van der Waals surface area contributed by atoms with Crippen molar-refractivity contribution in [3.63, 3.8) is 0 Å². The molecule has 3 rings (SSSR count). The second kappa shape index (κ2) is 4.76. The van der Waals surface area contributed by atoms with Crippen molar-refractivity contribution in [1.29, 1.82) is 0 Å². The third-order valence-electron chi connectivity index (χ3n) is 3.09. The van der Waals surface area contributed by atoms with Crippen LogP contribution in [0.3, 0.4) is 0 Å². The zero-order valence-corrected chi connectivity index (χ0v) is 11.8. The number of halogens is 1. The summed E-state index contributed by atoms with van der Waals surface area (Å²) in [6, 6.07) is 13.5. The molecule has 0 radical (unpaired) electrons. The lowest BCUT2D eigenvalue weighted by molar-refractivity contribution is -0.629. The lowest BCUT2D eigenvalue weighted by atomic mass is 10.1. The largest absolute Gasteiger partial charge is 0.298 e. The first-order valence-electron chi connectivity index (χ1n) is 5.83. The van der Waals surface area contributed by atoms with Gasteiger partial charge in [0.2, 0.25) is 5.52 Å². The molecule has 3 aromatic rings. The van der Waals surface area contributed by atoms with Gasteiger partial charge in [-0.3, -0.25) is 4.79 Å². The fourth-order valence-electron chi connectivity index (χ4n) is 2.08. The summed E-state index contributed by atoms with van der Waals surface area (Å²) in [6.45, 7) is 0. The van der Waals surface area contributed by atoms with Crippen LogP contribution in [0.2, 0.25) is 5.02 Å². The van der Waals surface area contributed by atoms with Crippen molar-refractivity contribution >= 4 is 39.4 Å². The molecule has 0 unspecified atom stereocenters. The van der Waals surface area contributed by atoms with Crippen molar-refractivity contribution in [2.24, 2.45) is 7.05 Å². The van der Waals surface area contributed by atoms with Gasteiger partial charge in [0.1, 0.15) is 18.0 Å². The molecule has 0 amide bonds. The smallest absolute Gasteiger partial charge is 0.269 e. The lowest BCUT2D eigenvalue weighted by Crippen LogP contribution is -2.28. The number of aldehydes is 1. The average Bonchev–Trinajstić information content (AvgIpc) is 2.76. The summed E-state index contributed by atoms with van der Waals surface area (Å²) in [4.78, 5) is 10.7. The van der Waals surface area contributed by atoms with Crippen molar-refractivity contribution in [3.05, 3.63) is 53.1 Å². The molecular formula is C15H11ClNOS+. The minimum absolute atomic E-state index is 0.690. The van der Waals surface area contributed by atoms with Gasteiger partial charge in [0.05, 0.1) is 5.56 Å². The van der Waals surface area contributed by atoms with E-state index < -0.39 is 0 Å². The molecule has 0 N–H and O–H groups in total. The van der Waals surface area contributed by atoms with Crippen LogP contribution in [0.1, 0.15) is 10.4 Å². The van der Waals surface area contributed by atoms with Crippen LogP contribution >= 0.6 is 22.9 Å². The Morgan fingerprint density at radius 3 is 2.58 bits per heavy atom. The Kier molecular flexibility index (Phi) is 3.09. The topological polar surface area (TPSA) is 20.9 Å². The van der Waals surface area contributed by atoms with E-state index in [2.05, 4.69) is 4.57 Å². The van der Waals surface area contributed by atoms with Crippen molar-refractivity contribution in [2.75, 3.05) is 0 Å². The van der Waals surface area contributed by atoms with Crippen LogP contribution < -0.4 is 4.57 Å². The van der Waals surface area contributed by atoms with Gasteiger partial charge in [-0.2, -0.15) is 4.57 Å². The molecule has 0 bridgehead atoms. The Balaban J connectivity index is 2.18. The van der Waals surface area contributed by atoms with E-state index in [1.807, 2.05) is 49.5 Å². The number of rotatable bonds is 2. The molecule has 0 fully saturated rings. The standard InChI is InChI=1S/C15H11ClNOS/c1-17-13-8-12(16)6-7-14(13)19-15(17)11-4-2-10(9-18)3-5-11/h2-9H,1H3/q+1. The third kappa shape index (κ3) is 2.15. The molecule has 0 atom stereocenters. The molecule has 0 spiro atoms. The fourth-order valence-corrected chi connectivity index (χ4v) is 3.38. The third-order valence-corrected chi connectivity index (χ3v) is 4.59. The van der Waals surface area contributed by atoms with E-state index in [-0.39, 0.29) is 0 Å². The number of aryl methyl sites for hydroxylation is 1. The molecule has 0 aliphatic rings. The fraction of sp³-hybridized carbons (Fsp3) is 0.0667. The van der Waals surface area contributed by atoms with Crippen LogP contribution in [0.5, 0.6) is 0 Å². The minimum Gasteiger partial charge on any atom is -0.298 e. The Hall–Kier alpha value is -1.71. The van der Waals surface area contributed by atoms with E-state index in [1.165, 1.54) is 4.70 Å². The van der Waals surface area contributed by atoms with E-state index in [9.17, 15) is 4.79 Å². The van der Waals surface area contributed by atoms with E-state index in [0.29, 0.717) is 5.56 Å². The minimum atomic E-state index is 0.690. The van der Waals surface area contributed by atoms with E-state index in [4.69, 9.17) is 11.6 Å². The van der Waals surface area contributed by atoms with Gasteiger partial charge < -0.3 is 0 Å². The predicted molar refractivity (Wildman–Crippen MR) is 78.8 cm³/mol. The number of aromatic nitrogens is 1. The van der Waals surface area contributed by atoms with Crippen LogP contribution in [-0.2, 0) is 7.05 Å². The highest BCUT2D eigenvalue weighted by Crippen LogP contribution is 2.29. The van der Waals surface area contributed by atoms with Crippen LogP contribution in [-0.4, -0.2) is 6.29 Å². The molecule has 0 aliphatic carbocycles. The SMILES string of the molecule is C[n+]1c(-c2ccc(C=O)cc2)sc2ccc(Cl)cc21. The summed E-state index contributed by atoms with van der Waals surface area (Å²) in [5, 5.41) is 1.89. The van der Waals surface area contributed by atoms with Gasteiger partial charge in [0.15, 0.2) is 0 Å². The van der Waals surface area contributed by atoms with Gasteiger partial charge in [0, 0.05) is 16.7 Å². The molecule has 2 aromatic carbocycles. The maximum atomic E-state index is 10.7. The van der Waals surface area contributed by atoms with Gasteiger partial charge in [-0.15, -0.1) is 0 Å². The van der Waals surface area contributed by atoms with Crippen LogP contribution in [0.25, 0.3) is 20.8 Å². The van der Waals surface area contributed by atoms with Crippen LogP contribution in [0.4, 0.5) is 0 Å². The molecule has 0 saturated carbocycles. The van der Waals surface area contributed by atoms with Crippen molar-refractivity contribution < 1.29 is 9.36 Å². The number of hydrogen-bond donors (Lipinski definition) is 0. The van der Waals surface area contributed by atoms with Crippen molar-refractivity contribution in [1.82, 2.24) is 0 Å². The Labute approximate surface area is 119 Å². The summed E-state index contributed by atoms with van der Waals surface area (Å²) in [5.74, 6) is 0. The lowest BCUT2D eigenvalue weighted by Gasteiger charge is -1.95. The maximum absolute atomic E-state index is 10.7. The summed E-state index contributed by atoms with van der Waals surface area (Å²) < 4.78 is 3.32. The quantitative estimate of drug-likeness (QED) is 0.518. The monoisotopic (exact) mass is 288 g/mol. The van der Waals surface area contributed by atoms with Gasteiger partial charge in [-0.05, 0) is 24.3 Å². The number of hydrogen-bond acceptors (Lipinski definition) is 2. The van der Waals surface area contributed by atoms with E-state index >= 15 is 0 Å². The number of carbonyl (C=O) groups is 1. The summed E-state index contributed by atoms with van der Waals surface area (Å²) in [7, 11) is 2.03. The molecule has 1 heterocycles. The van der Waals surface area contributed by atoms with Crippen molar-refractivity contribution in [3.8, 4) is 10.6 Å².